The summed E-state index contributed by atoms with van der Waals surface area (Å²) in [6, 6.07) is 1.13. The molecule has 0 fully saturated rings. The highest BCUT2D eigenvalue weighted by molar-refractivity contribution is 5.88. The highest BCUT2D eigenvalue weighted by atomic mass is 19.1. The largest absolute Gasteiger partial charge is 0.478 e. The maximum Gasteiger partial charge on any atom is 0.338 e. The standard InChI is InChI=1S/C11H13FN2O2/c1-7(2)3-5-13-10-9(12)8(11(15)16)4-6-14-10/h3-4,6H,5H2,1-2H3,(H,13,14)(H,15,16). The predicted octanol–water partition coefficient (Wildman–Crippen LogP) is 2.30. The molecule has 1 heterocycles. The summed E-state index contributed by atoms with van der Waals surface area (Å²) in [5.74, 6) is -2.18. The van der Waals surface area contributed by atoms with Crippen LogP contribution in [-0.2, 0) is 0 Å². The molecule has 0 radical (unpaired) electrons. The first-order valence-electron chi connectivity index (χ1n) is 4.77. The quantitative estimate of drug-likeness (QED) is 0.770. The van der Waals surface area contributed by atoms with Gasteiger partial charge in [0.15, 0.2) is 11.6 Å². The van der Waals surface area contributed by atoms with Gasteiger partial charge in [-0.15, -0.1) is 0 Å². The van der Waals surface area contributed by atoms with Crippen molar-refractivity contribution in [2.75, 3.05) is 11.9 Å². The van der Waals surface area contributed by atoms with Crippen LogP contribution >= 0.6 is 0 Å². The van der Waals surface area contributed by atoms with Gasteiger partial charge >= 0.3 is 5.97 Å². The molecule has 1 aromatic rings. The fourth-order valence-electron chi connectivity index (χ4n) is 1.08. The molecule has 0 saturated heterocycles. The molecule has 0 unspecified atom stereocenters. The van der Waals surface area contributed by atoms with E-state index >= 15 is 0 Å². The molecule has 0 aliphatic carbocycles. The minimum absolute atomic E-state index is 0.0441. The lowest BCUT2D eigenvalue weighted by Gasteiger charge is -2.05. The van der Waals surface area contributed by atoms with E-state index < -0.39 is 11.8 Å². The summed E-state index contributed by atoms with van der Waals surface area (Å²) in [5, 5.41) is 11.4. The molecule has 1 rings (SSSR count). The molecule has 0 spiro atoms. The van der Waals surface area contributed by atoms with Crippen molar-refractivity contribution in [1.82, 2.24) is 4.98 Å². The Hall–Kier alpha value is -1.91. The number of halogens is 1. The van der Waals surface area contributed by atoms with Crippen molar-refractivity contribution < 1.29 is 14.3 Å². The molecule has 0 aliphatic heterocycles. The van der Waals surface area contributed by atoms with Gasteiger partial charge in [-0.1, -0.05) is 11.6 Å². The maximum atomic E-state index is 13.5. The van der Waals surface area contributed by atoms with Crippen LogP contribution in [-0.4, -0.2) is 22.6 Å². The second-order valence-electron chi connectivity index (χ2n) is 3.49. The van der Waals surface area contributed by atoms with Crippen LogP contribution in [0, 0.1) is 5.82 Å². The van der Waals surface area contributed by atoms with E-state index in [1.165, 1.54) is 6.20 Å². The maximum absolute atomic E-state index is 13.5. The van der Waals surface area contributed by atoms with Crippen molar-refractivity contribution in [3.63, 3.8) is 0 Å². The molecule has 2 N–H and O–H groups in total. The van der Waals surface area contributed by atoms with E-state index in [4.69, 9.17) is 5.11 Å². The number of anilines is 1. The lowest BCUT2D eigenvalue weighted by atomic mass is 10.2. The first-order chi connectivity index (χ1) is 7.52. The lowest BCUT2D eigenvalue weighted by Crippen LogP contribution is -2.08. The number of aromatic carboxylic acids is 1. The third-order valence-electron chi connectivity index (χ3n) is 1.90. The highest BCUT2D eigenvalue weighted by Crippen LogP contribution is 2.14. The average Bonchev–Trinajstić information content (AvgIpc) is 2.19. The van der Waals surface area contributed by atoms with E-state index in [-0.39, 0.29) is 11.4 Å². The summed E-state index contributed by atoms with van der Waals surface area (Å²) in [6.07, 6.45) is 3.12. The smallest absolute Gasteiger partial charge is 0.338 e. The van der Waals surface area contributed by atoms with Crippen molar-refractivity contribution in [3.05, 3.63) is 35.3 Å². The zero-order chi connectivity index (χ0) is 12.1. The number of carboxylic acids is 1. The van der Waals surface area contributed by atoms with Crippen LogP contribution in [0.15, 0.2) is 23.9 Å². The number of carboxylic acid groups (broad SMARTS) is 1. The van der Waals surface area contributed by atoms with Crippen LogP contribution in [0.2, 0.25) is 0 Å². The van der Waals surface area contributed by atoms with Gasteiger partial charge in [-0.05, 0) is 19.9 Å². The molecule has 0 aromatic carbocycles. The van der Waals surface area contributed by atoms with Crippen LogP contribution in [0.25, 0.3) is 0 Å². The number of allylic oxidation sites excluding steroid dienone is 1. The molecule has 0 saturated carbocycles. The summed E-state index contributed by atoms with van der Waals surface area (Å²) in [4.78, 5) is 14.4. The number of nitrogens with one attached hydrogen (secondary N) is 1. The molecule has 16 heavy (non-hydrogen) atoms. The monoisotopic (exact) mass is 224 g/mol. The van der Waals surface area contributed by atoms with Crippen LogP contribution in [0.3, 0.4) is 0 Å². The molecule has 5 heteroatoms. The molecule has 4 nitrogen and oxygen atoms in total. The topological polar surface area (TPSA) is 62.2 Å². The number of hydrogen-bond donors (Lipinski definition) is 2. The zero-order valence-corrected chi connectivity index (χ0v) is 9.12. The summed E-state index contributed by atoms with van der Waals surface area (Å²) in [7, 11) is 0. The van der Waals surface area contributed by atoms with Crippen LogP contribution < -0.4 is 5.32 Å². The number of nitrogens with zero attached hydrogens (tertiary/aromatic N) is 1. The number of pyridine rings is 1. The number of hydrogen-bond acceptors (Lipinski definition) is 3. The Morgan fingerprint density at radius 1 is 1.62 bits per heavy atom. The van der Waals surface area contributed by atoms with E-state index in [0.717, 1.165) is 11.6 Å². The summed E-state index contributed by atoms with van der Waals surface area (Å²) in [6.45, 7) is 4.24. The lowest BCUT2D eigenvalue weighted by molar-refractivity contribution is 0.0692. The minimum atomic E-state index is -1.30. The Labute approximate surface area is 92.8 Å². The SMILES string of the molecule is CC(C)=CCNc1nccc(C(=O)O)c1F. The van der Waals surface area contributed by atoms with Crippen LogP contribution in [0.1, 0.15) is 24.2 Å². The van der Waals surface area contributed by atoms with E-state index in [1.54, 1.807) is 0 Å². The van der Waals surface area contributed by atoms with Gasteiger partial charge in [0.25, 0.3) is 0 Å². The van der Waals surface area contributed by atoms with Gasteiger partial charge in [0, 0.05) is 12.7 Å². The molecule has 0 amide bonds. The third-order valence-corrected chi connectivity index (χ3v) is 1.90. The van der Waals surface area contributed by atoms with Crippen molar-refractivity contribution >= 4 is 11.8 Å². The van der Waals surface area contributed by atoms with Crippen LogP contribution in [0.4, 0.5) is 10.2 Å². The Balaban J connectivity index is 2.85. The van der Waals surface area contributed by atoms with Gasteiger partial charge in [0.1, 0.15) is 5.56 Å². The summed E-state index contributed by atoms with van der Waals surface area (Å²) >= 11 is 0. The van der Waals surface area contributed by atoms with Crippen molar-refractivity contribution in [2.24, 2.45) is 0 Å². The summed E-state index contributed by atoms with van der Waals surface area (Å²) in [5.41, 5.74) is 0.706. The fourth-order valence-corrected chi connectivity index (χ4v) is 1.08. The Morgan fingerprint density at radius 3 is 2.88 bits per heavy atom. The highest BCUT2D eigenvalue weighted by Gasteiger charge is 2.14. The normalized spacial score (nSPS) is 9.69. The minimum Gasteiger partial charge on any atom is -0.478 e. The van der Waals surface area contributed by atoms with Crippen molar-refractivity contribution in [2.45, 2.75) is 13.8 Å². The Bertz CT molecular complexity index is 426. The summed E-state index contributed by atoms with van der Waals surface area (Å²) < 4.78 is 13.5. The van der Waals surface area contributed by atoms with Gasteiger partial charge in [0.2, 0.25) is 0 Å². The van der Waals surface area contributed by atoms with Crippen LogP contribution in [0.5, 0.6) is 0 Å². The molecule has 0 bridgehead atoms. The molecule has 0 aliphatic rings. The van der Waals surface area contributed by atoms with E-state index in [1.807, 2.05) is 19.9 Å². The average molecular weight is 224 g/mol. The zero-order valence-electron chi connectivity index (χ0n) is 9.12. The predicted molar refractivity (Wildman–Crippen MR) is 59.1 cm³/mol. The van der Waals surface area contributed by atoms with Gasteiger partial charge in [-0.25, -0.2) is 14.2 Å². The van der Waals surface area contributed by atoms with Gasteiger partial charge < -0.3 is 10.4 Å². The fraction of sp³-hybridized carbons (Fsp3) is 0.273. The Kier molecular flexibility index (Phi) is 3.99. The molecular weight excluding hydrogens is 211 g/mol. The van der Waals surface area contributed by atoms with E-state index in [9.17, 15) is 9.18 Å². The van der Waals surface area contributed by atoms with Crippen molar-refractivity contribution in [3.8, 4) is 0 Å². The third kappa shape index (κ3) is 3.05. The van der Waals surface area contributed by atoms with E-state index in [0.29, 0.717) is 6.54 Å². The molecule has 86 valence electrons. The molecular formula is C11H13FN2O2. The molecule has 1 aromatic heterocycles. The van der Waals surface area contributed by atoms with Gasteiger partial charge in [-0.2, -0.15) is 0 Å². The number of rotatable bonds is 4. The first-order valence-corrected chi connectivity index (χ1v) is 4.77. The first kappa shape index (κ1) is 12.2. The van der Waals surface area contributed by atoms with Gasteiger partial charge in [0.05, 0.1) is 0 Å². The second kappa shape index (κ2) is 5.25. The second-order valence-corrected chi connectivity index (χ2v) is 3.49. The number of aromatic nitrogens is 1. The molecule has 0 atom stereocenters. The Morgan fingerprint density at radius 2 is 2.31 bits per heavy atom. The van der Waals surface area contributed by atoms with Crippen molar-refractivity contribution in [1.29, 1.82) is 0 Å². The van der Waals surface area contributed by atoms with Gasteiger partial charge in [-0.3, -0.25) is 0 Å². The number of carbonyl (C=O) groups is 1. The van der Waals surface area contributed by atoms with E-state index in [2.05, 4.69) is 10.3 Å².